The number of benzene rings is 2. The number of halogens is 1. The Bertz CT molecular complexity index is 1150. The fourth-order valence-electron chi connectivity index (χ4n) is 2.73. The number of amides is 1. The number of nitrogens with zero attached hydrogens (tertiary/aromatic N) is 3. The molecular formula is C22H17BrN4OS2. The molecule has 5 nitrogen and oxygen atoms in total. The van der Waals surface area contributed by atoms with E-state index in [2.05, 4.69) is 36.4 Å². The van der Waals surface area contributed by atoms with Crippen molar-refractivity contribution in [2.45, 2.75) is 11.9 Å². The number of thiazole rings is 1. The highest BCUT2D eigenvalue weighted by molar-refractivity contribution is 9.10. The highest BCUT2D eigenvalue weighted by Gasteiger charge is 2.13. The molecule has 0 saturated carbocycles. The fourth-order valence-corrected chi connectivity index (χ4v) is 4.64. The lowest BCUT2D eigenvalue weighted by Crippen LogP contribution is -2.14. The van der Waals surface area contributed by atoms with E-state index in [4.69, 9.17) is 0 Å². The minimum atomic E-state index is -0.0843. The lowest BCUT2D eigenvalue weighted by atomic mass is 10.2. The molecule has 0 saturated heterocycles. The maximum Gasteiger partial charge on any atom is 0.234 e. The number of hydrogen-bond donors (Lipinski definition) is 1. The van der Waals surface area contributed by atoms with Gasteiger partial charge in [-0.3, -0.25) is 4.79 Å². The number of hydrogen-bond acceptors (Lipinski definition) is 6. The fraction of sp³-hybridized carbons (Fsp3) is 0.0909. The Balaban J connectivity index is 1.39. The van der Waals surface area contributed by atoms with E-state index in [0.717, 1.165) is 37.0 Å². The first kappa shape index (κ1) is 20.7. The van der Waals surface area contributed by atoms with E-state index in [0.29, 0.717) is 5.03 Å². The summed E-state index contributed by atoms with van der Waals surface area (Å²) in [4.78, 5) is 17.8. The summed E-state index contributed by atoms with van der Waals surface area (Å²) in [6.45, 7) is 1.98. The van der Waals surface area contributed by atoms with Crippen molar-refractivity contribution in [3.63, 3.8) is 0 Å². The molecule has 150 valence electrons. The van der Waals surface area contributed by atoms with E-state index in [1.54, 1.807) is 11.3 Å². The van der Waals surface area contributed by atoms with Gasteiger partial charge < -0.3 is 5.32 Å². The normalized spacial score (nSPS) is 10.7. The molecule has 0 aliphatic heterocycles. The SMILES string of the molecule is Cc1nc(-c2ccccc2)sc1-c1ccc(SCC(=O)Nc2ccc(Br)cc2)nn1. The van der Waals surface area contributed by atoms with E-state index in [1.165, 1.54) is 11.8 Å². The van der Waals surface area contributed by atoms with Crippen LogP contribution in [0.3, 0.4) is 0 Å². The zero-order chi connectivity index (χ0) is 20.9. The van der Waals surface area contributed by atoms with Crippen LogP contribution in [0.25, 0.3) is 21.1 Å². The first-order valence-corrected chi connectivity index (χ1v) is 11.7. The van der Waals surface area contributed by atoms with Crippen molar-refractivity contribution in [1.82, 2.24) is 15.2 Å². The van der Waals surface area contributed by atoms with Crippen LogP contribution in [0.5, 0.6) is 0 Å². The molecule has 30 heavy (non-hydrogen) atoms. The smallest absolute Gasteiger partial charge is 0.234 e. The summed E-state index contributed by atoms with van der Waals surface area (Å²) in [5, 5.41) is 13.2. The lowest BCUT2D eigenvalue weighted by molar-refractivity contribution is -0.113. The summed E-state index contributed by atoms with van der Waals surface area (Å²) in [5.41, 5.74) is 3.58. The van der Waals surface area contributed by atoms with Crippen LogP contribution in [0.1, 0.15) is 5.69 Å². The van der Waals surface area contributed by atoms with Crippen LogP contribution in [0.15, 0.2) is 76.2 Å². The summed E-state index contributed by atoms with van der Waals surface area (Å²) in [6.07, 6.45) is 0. The second-order valence-electron chi connectivity index (χ2n) is 6.40. The molecule has 4 rings (SSSR count). The van der Waals surface area contributed by atoms with Gasteiger partial charge >= 0.3 is 0 Å². The Hall–Kier alpha value is -2.55. The van der Waals surface area contributed by atoms with Crippen LogP contribution in [-0.4, -0.2) is 26.8 Å². The van der Waals surface area contributed by atoms with Gasteiger partial charge in [-0.1, -0.05) is 58.0 Å². The number of rotatable bonds is 6. The molecule has 0 fully saturated rings. The molecular weight excluding hydrogens is 480 g/mol. The second-order valence-corrected chi connectivity index (χ2v) is 9.31. The molecule has 2 aromatic carbocycles. The molecule has 0 radical (unpaired) electrons. The largest absolute Gasteiger partial charge is 0.325 e. The maximum atomic E-state index is 12.1. The average Bonchev–Trinajstić information content (AvgIpc) is 3.16. The van der Waals surface area contributed by atoms with Gasteiger partial charge in [0.1, 0.15) is 15.7 Å². The van der Waals surface area contributed by atoms with Crippen molar-refractivity contribution in [3.05, 3.63) is 76.9 Å². The van der Waals surface area contributed by atoms with Crippen molar-refractivity contribution in [3.8, 4) is 21.1 Å². The van der Waals surface area contributed by atoms with Gasteiger partial charge in [-0.05, 0) is 43.3 Å². The minimum absolute atomic E-state index is 0.0843. The van der Waals surface area contributed by atoms with Gasteiger partial charge in [-0.15, -0.1) is 21.5 Å². The third kappa shape index (κ3) is 5.13. The van der Waals surface area contributed by atoms with Gasteiger partial charge in [0.25, 0.3) is 0 Å². The number of nitrogens with one attached hydrogen (secondary N) is 1. The molecule has 0 aliphatic rings. The lowest BCUT2D eigenvalue weighted by Gasteiger charge is -2.05. The van der Waals surface area contributed by atoms with Crippen LogP contribution in [-0.2, 0) is 4.79 Å². The van der Waals surface area contributed by atoms with E-state index >= 15 is 0 Å². The summed E-state index contributed by atoms with van der Waals surface area (Å²) in [6, 6.07) is 21.4. The Morgan fingerprint density at radius 2 is 1.80 bits per heavy atom. The van der Waals surface area contributed by atoms with Crippen LogP contribution in [0.2, 0.25) is 0 Å². The van der Waals surface area contributed by atoms with Crippen molar-refractivity contribution < 1.29 is 4.79 Å². The molecule has 0 atom stereocenters. The van der Waals surface area contributed by atoms with Crippen molar-refractivity contribution in [2.75, 3.05) is 11.1 Å². The summed E-state index contributed by atoms with van der Waals surface area (Å²) in [7, 11) is 0. The first-order valence-electron chi connectivity index (χ1n) is 9.13. The molecule has 0 spiro atoms. The van der Waals surface area contributed by atoms with Crippen LogP contribution < -0.4 is 5.32 Å². The van der Waals surface area contributed by atoms with Gasteiger partial charge in [0.15, 0.2) is 0 Å². The molecule has 0 unspecified atom stereocenters. The van der Waals surface area contributed by atoms with Crippen LogP contribution in [0, 0.1) is 6.92 Å². The average molecular weight is 497 g/mol. The molecule has 4 aromatic rings. The number of thioether (sulfide) groups is 1. The van der Waals surface area contributed by atoms with Gasteiger partial charge in [0.05, 0.1) is 16.3 Å². The van der Waals surface area contributed by atoms with Gasteiger partial charge in [-0.2, -0.15) is 0 Å². The summed E-state index contributed by atoms with van der Waals surface area (Å²) in [5.74, 6) is 0.181. The summed E-state index contributed by atoms with van der Waals surface area (Å²) >= 11 is 6.34. The predicted octanol–water partition coefficient (Wildman–Crippen LogP) is 6.07. The van der Waals surface area contributed by atoms with E-state index in [1.807, 2.05) is 73.7 Å². The molecule has 0 aliphatic carbocycles. The number of aromatic nitrogens is 3. The van der Waals surface area contributed by atoms with Gasteiger partial charge in [0, 0.05) is 15.7 Å². The third-order valence-corrected chi connectivity index (χ3v) is 6.85. The summed E-state index contributed by atoms with van der Waals surface area (Å²) < 4.78 is 0.970. The standard InChI is InChI=1S/C22H17BrN4OS2/c1-14-21(30-22(24-14)15-5-3-2-4-6-15)18-11-12-20(27-26-18)29-13-19(28)25-17-9-7-16(23)8-10-17/h2-12H,13H2,1H3,(H,25,28). The number of carbonyl (C=O) groups excluding carboxylic acids is 1. The maximum absolute atomic E-state index is 12.1. The highest BCUT2D eigenvalue weighted by Crippen LogP contribution is 2.34. The number of carbonyl (C=O) groups is 1. The minimum Gasteiger partial charge on any atom is -0.325 e. The molecule has 8 heteroatoms. The Morgan fingerprint density at radius 3 is 2.50 bits per heavy atom. The molecule has 2 heterocycles. The molecule has 2 aromatic heterocycles. The van der Waals surface area contributed by atoms with Crippen molar-refractivity contribution in [1.29, 1.82) is 0 Å². The first-order chi connectivity index (χ1) is 14.6. The van der Waals surface area contributed by atoms with Crippen molar-refractivity contribution >= 4 is 50.6 Å². The van der Waals surface area contributed by atoms with Crippen LogP contribution in [0.4, 0.5) is 5.69 Å². The van der Waals surface area contributed by atoms with E-state index in [-0.39, 0.29) is 11.7 Å². The monoisotopic (exact) mass is 496 g/mol. The Labute approximate surface area is 191 Å². The van der Waals surface area contributed by atoms with E-state index < -0.39 is 0 Å². The quantitative estimate of drug-likeness (QED) is 0.328. The third-order valence-electron chi connectivity index (χ3n) is 4.17. The second kappa shape index (κ2) is 9.51. The van der Waals surface area contributed by atoms with E-state index in [9.17, 15) is 4.79 Å². The topological polar surface area (TPSA) is 67.8 Å². The molecule has 1 amide bonds. The van der Waals surface area contributed by atoms with Gasteiger partial charge in [-0.25, -0.2) is 4.98 Å². The molecule has 1 N–H and O–H groups in total. The zero-order valence-corrected chi connectivity index (χ0v) is 19.2. The Kier molecular flexibility index (Phi) is 6.56. The van der Waals surface area contributed by atoms with Gasteiger partial charge in [0.2, 0.25) is 5.91 Å². The van der Waals surface area contributed by atoms with Crippen molar-refractivity contribution in [2.24, 2.45) is 0 Å². The zero-order valence-electron chi connectivity index (χ0n) is 16.0. The Morgan fingerprint density at radius 1 is 1.03 bits per heavy atom. The molecule has 0 bridgehead atoms. The van der Waals surface area contributed by atoms with Crippen LogP contribution >= 0.6 is 39.0 Å². The highest BCUT2D eigenvalue weighted by atomic mass is 79.9. The number of aryl methyl sites for hydroxylation is 1. The predicted molar refractivity (Wildman–Crippen MR) is 127 cm³/mol. The number of anilines is 1.